The summed E-state index contributed by atoms with van der Waals surface area (Å²) in [6.45, 7) is 1.37. The number of para-hydroxylation sites is 1. The van der Waals surface area contributed by atoms with Gasteiger partial charge in [0.05, 0.1) is 26.8 Å². The number of likely N-dealkylation sites (N-methyl/N-ethyl adjacent to an activating group) is 1. The van der Waals surface area contributed by atoms with Crippen LogP contribution in [0.3, 0.4) is 0 Å². The van der Waals surface area contributed by atoms with Gasteiger partial charge in [-0.1, -0.05) is 40.9 Å². The molecule has 4 rings (SSSR count). The zero-order valence-electron chi connectivity index (χ0n) is 20.0. The predicted molar refractivity (Wildman–Crippen MR) is 144 cm³/mol. The number of carbonyl (C=O) groups excluding carboxylic acids is 1. The number of fused-ring (bicyclic) bond motifs is 1. The predicted octanol–water partition coefficient (Wildman–Crippen LogP) is 6.24. The molecule has 0 aliphatic rings. The van der Waals surface area contributed by atoms with Crippen molar-refractivity contribution in [2.45, 2.75) is 12.7 Å². The summed E-state index contributed by atoms with van der Waals surface area (Å²) in [5.41, 5.74) is 2.53. The Bertz CT molecular complexity index is 1480. The van der Waals surface area contributed by atoms with E-state index < -0.39 is 12.1 Å². The van der Waals surface area contributed by atoms with E-state index in [0.717, 1.165) is 12.1 Å². The fraction of sp³-hybridized carbons (Fsp3) is 0.167. The molecular formula is C24H20Cl3F3N6O3. The Kier molecular flexibility index (Phi) is 9.97. The Morgan fingerprint density at radius 1 is 1.05 bits per heavy atom. The van der Waals surface area contributed by atoms with Crippen molar-refractivity contribution in [3.05, 3.63) is 75.4 Å². The van der Waals surface area contributed by atoms with Crippen molar-refractivity contribution in [2.75, 3.05) is 24.2 Å². The van der Waals surface area contributed by atoms with Crippen LogP contribution in [0.5, 0.6) is 0 Å². The molecule has 0 spiro atoms. The van der Waals surface area contributed by atoms with Gasteiger partial charge >= 0.3 is 12.1 Å². The van der Waals surface area contributed by atoms with Crippen molar-refractivity contribution in [3.63, 3.8) is 0 Å². The van der Waals surface area contributed by atoms with Crippen LogP contribution in [0.25, 0.3) is 11.0 Å². The number of alkyl halides is 3. The molecular weight excluding hydrogens is 584 g/mol. The van der Waals surface area contributed by atoms with Gasteiger partial charge in [0.1, 0.15) is 5.82 Å². The van der Waals surface area contributed by atoms with E-state index in [9.17, 15) is 18.0 Å². The van der Waals surface area contributed by atoms with Crippen molar-refractivity contribution in [1.82, 2.24) is 19.9 Å². The Balaban J connectivity index is 0.000000532. The van der Waals surface area contributed by atoms with Gasteiger partial charge in [-0.25, -0.2) is 14.8 Å². The summed E-state index contributed by atoms with van der Waals surface area (Å²) >= 11 is 18.6. The lowest BCUT2D eigenvalue weighted by atomic mass is 10.2. The fourth-order valence-corrected chi connectivity index (χ4v) is 3.86. The molecule has 1 amide bonds. The Morgan fingerprint density at radius 3 is 2.31 bits per heavy atom. The molecule has 0 radical (unpaired) electrons. The van der Waals surface area contributed by atoms with E-state index >= 15 is 0 Å². The van der Waals surface area contributed by atoms with Gasteiger partial charge < -0.3 is 25.6 Å². The van der Waals surface area contributed by atoms with Crippen molar-refractivity contribution in [1.29, 1.82) is 0 Å². The number of carbonyl (C=O) groups is 2. The molecule has 39 heavy (non-hydrogen) atoms. The molecule has 206 valence electrons. The lowest BCUT2D eigenvalue weighted by Crippen LogP contribution is -2.21. The molecule has 15 heteroatoms. The van der Waals surface area contributed by atoms with Crippen LogP contribution in [0.4, 0.5) is 30.6 Å². The maximum absolute atomic E-state index is 12.7. The number of rotatable bonds is 7. The normalized spacial score (nSPS) is 11.1. The number of hydrogen-bond donors (Lipinski definition) is 4. The van der Waals surface area contributed by atoms with E-state index in [2.05, 4.69) is 20.9 Å². The molecule has 0 aliphatic heterocycles. The van der Waals surface area contributed by atoms with Crippen molar-refractivity contribution in [3.8, 4) is 0 Å². The molecule has 4 aromatic rings. The first kappa shape index (κ1) is 30.0. The Morgan fingerprint density at radius 2 is 1.72 bits per heavy atom. The van der Waals surface area contributed by atoms with E-state index in [-0.39, 0.29) is 5.91 Å². The third-order valence-corrected chi connectivity index (χ3v) is 5.87. The number of nitrogens with one attached hydrogen (secondary N) is 3. The number of carboxylic acid groups (broad SMARTS) is 1. The molecule has 2 aromatic carbocycles. The zero-order chi connectivity index (χ0) is 28.7. The number of carboxylic acids is 1. The number of aliphatic carboxylic acids is 1. The largest absolute Gasteiger partial charge is 0.490 e. The monoisotopic (exact) mass is 602 g/mol. The van der Waals surface area contributed by atoms with Crippen molar-refractivity contribution in [2.24, 2.45) is 0 Å². The standard InChI is InChI=1S/C22H19Cl3N6O.C2HF3O2/c1-26-9-10-31-18-6-5-13(21(32)29-19-12-14(23)7-8-27-19)11-17(18)28-22(31)30-20-15(24)3-2-4-16(20)25;3-2(4,5)1(6)7/h2-8,11-12,26H,9-10H2,1H3,(H,28,30)(H,27,29,32);(H,6,7). The van der Waals surface area contributed by atoms with Crippen LogP contribution < -0.4 is 16.0 Å². The summed E-state index contributed by atoms with van der Waals surface area (Å²) in [6.07, 6.45) is -3.55. The van der Waals surface area contributed by atoms with Gasteiger partial charge in [0.15, 0.2) is 0 Å². The maximum Gasteiger partial charge on any atom is 0.490 e. The molecule has 0 bridgehead atoms. The van der Waals surface area contributed by atoms with Gasteiger partial charge in [0, 0.05) is 29.9 Å². The smallest absolute Gasteiger partial charge is 0.475 e. The van der Waals surface area contributed by atoms with Crippen LogP contribution in [0.15, 0.2) is 54.7 Å². The second-order valence-corrected chi connectivity index (χ2v) is 8.98. The number of pyridine rings is 1. The summed E-state index contributed by atoms with van der Waals surface area (Å²) in [5.74, 6) is -2.13. The lowest BCUT2D eigenvalue weighted by molar-refractivity contribution is -0.192. The summed E-state index contributed by atoms with van der Waals surface area (Å²) < 4.78 is 33.7. The topological polar surface area (TPSA) is 121 Å². The number of nitrogens with zero attached hydrogens (tertiary/aromatic N) is 3. The number of imidazole rings is 1. The van der Waals surface area contributed by atoms with Crippen LogP contribution in [-0.2, 0) is 11.3 Å². The highest BCUT2D eigenvalue weighted by molar-refractivity contribution is 6.39. The minimum atomic E-state index is -5.08. The molecule has 0 saturated carbocycles. The van der Waals surface area contributed by atoms with E-state index in [0.29, 0.717) is 50.1 Å². The second-order valence-electron chi connectivity index (χ2n) is 7.73. The van der Waals surface area contributed by atoms with Gasteiger partial charge in [0.2, 0.25) is 5.95 Å². The summed E-state index contributed by atoms with van der Waals surface area (Å²) in [4.78, 5) is 30.4. The molecule has 2 aromatic heterocycles. The van der Waals surface area contributed by atoms with Crippen LogP contribution in [-0.4, -0.2) is 51.3 Å². The number of hydrogen-bond acceptors (Lipinski definition) is 6. The molecule has 0 saturated heterocycles. The van der Waals surface area contributed by atoms with E-state index in [1.807, 2.05) is 17.7 Å². The molecule has 0 unspecified atom stereocenters. The van der Waals surface area contributed by atoms with Gasteiger partial charge in [0.25, 0.3) is 5.91 Å². The highest BCUT2D eigenvalue weighted by atomic mass is 35.5. The SMILES string of the molecule is CNCCn1c(Nc2c(Cl)cccc2Cl)nc2cc(C(=O)Nc3cc(Cl)ccn3)ccc21.O=C(O)C(F)(F)F. The third kappa shape index (κ3) is 7.96. The van der Waals surface area contributed by atoms with Gasteiger partial charge in [-0.15, -0.1) is 0 Å². The molecule has 4 N–H and O–H groups in total. The van der Waals surface area contributed by atoms with Gasteiger partial charge in [-0.05, 0) is 49.5 Å². The summed E-state index contributed by atoms with van der Waals surface area (Å²) in [6, 6.07) is 13.8. The van der Waals surface area contributed by atoms with Crippen LogP contribution in [0.2, 0.25) is 15.1 Å². The van der Waals surface area contributed by atoms with Crippen LogP contribution in [0.1, 0.15) is 10.4 Å². The molecule has 0 atom stereocenters. The minimum Gasteiger partial charge on any atom is -0.475 e. The maximum atomic E-state index is 12.7. The molecule has 0 aliphatic carbocycles. The van der Waals surface area contributed by atoms with Crippen molar-refractivity contribution < 1.29 is 27.9 Å². The lowest BCUT2D eigenvalue weighted by Gasteiger charge is -2.13. The Labute approximate surface area is 234 Å². The average Bonchev–Trinajstić information content (AvgIpc) is 3.21. The minimum absolute atomic E-state index is 0.310. The van der Waals surface area contributed by atoms with Gasteiger partial charge in [-0.2, -0.15) is 13.2 Å². The molecule has 0 fully saturated rings. The Hall–Kier alpha value is -3.58. The number of halogens is 6. The van der Waals surface area contributed by atoms with E-state index in [1.165, 1.54) is 6.20 Å². The first-order valence-corrected chi connectivity index (χ1v) is 12.1. The first-order chi connectivity index (χ1) is 18.4. The molecule has 9 nitrogen and oxygen atoms in total. The number of anilines is 3. The number of aromatic nitrogens is 3. The van der Waals surface area contributed by atoms with Crippen molar-refractivity contribution >= 4 is 75.2 Å². The molecule has 2 heterocycles. The van der Waals surface area contributed by atoms with E-state index in [1.54, 1.807) is 42.5 Å². The number of benzene rings is 2. The average molecular weight is 604 g/mol. The third-order valence-electron chi connectivity index (χ3n) is 5.00. The highest BCUT2D eigenvalue weighted by Gasteiger charge is 2.38. The number of amides is 1. The van der Waals surface area contributed by atoms with E-state index in [4.69, 9.17) is 49.7 Å². The summed E-state index contributed by atoms with van der Waals surface area (Å²) in [5, 5.41) is 17.7. The summed E-state index contributed by atoms with van der Waals surface area (Å²) in [7, 11) is 1.88. The quantitative estimate of drug-likeness (QED) is 0.197. The fourth-order valence-electron chi connectivity index (χ4n) is 3.21. The highest BCUT2D eigenvalue weighted by Crippen LogP contribution is 2.33. The van der Waals surface area contributed by atoms with Crippen LogP contribution in [0, 0.1) is 0 Å². The zero-order valence-corrected chi connectivity index (χ0v) is 22.3. The van der Waals surface area contributed by atoms with Gasteiger partial charge in [-0.3, -0.25) is 4.79 Å². The van der Waals surface area contributed by atoms with Crippen LogP contribution >= 0.6 is 34.8 Å². The first-order valence-electron chi connectivity index (χ1n) is 11.0. The second kappa shape index (κ2) is 13.0.